The SMILES string of the molecule is COC(=O)c1ccc(-c2ccc([C@@H]3[C@@H](c4ccccn4)NC(=S)N3C3CCCCC3)o2)cc1. The van der Waals surface area contributed by atoms with E-state index in [-0.39, 0.29) is 18.1 Å². The van der Waals surface area contributed by atoms with Crippen molar-refractivity contribution in [3.05, 3.63) is 77.8 Å². The third-order valence-electron chi connectivity index (χ3n) is 6.61. The van der Waals surface area contributed by atoms with E-state index in [2.05, 4.69) is 15.2 Å². The lowest BCUT2D eigenvalue weighted by molar-refractivity contribution is 0.0600. The summed E-state index contributed by atoms with van der Waals surface area (Å²) in [7, 11) is 1.38. The molecule has 2 aliphatic rings. The van der Waals surface area contributed by atoms with Crippen LogP contribution in [-0.4, -0.2) is 34.1 Å². The summed E-state index contributed by atoms with van der Waals surface area (Å²) in [4.78, 5) is 18.7. The highest BCUT2D eigenvalue weighted by atomic mass is 32.1. The molecule has 0 radical (unpaired) electrons. The van der Waals surface area contributed by atoms with E-state index in [1.807, 2.05) is 48.7 Å². The van der Waals surface area contributed by atoms with Gasteiger partial charge in [0, 0.05) is 17.8 Å². The minimum Gasteiger partial charge on any atom is -0.465 e. The van der Waals surface area contributed by atoms with Crippen molar-refractivity contribution in [1.82, 2.24) is 15.2 Å². The molecule has 2 atom stereocenters. The van der Waals surface area contributed by atoms with Crippen LogP contribution in [-0.2, 0) is 4.74 Å². The minimum atomic E-state index is -0.353. The molecule has 0 spiro atoms. The number of carbonyl (C=O) groups excluding carboxylic acids is 1. The molecule has 1 N–H and O–H groups in total. The quantitative estimate of drug-likeness (QED) is 0.401. The number of furan rings is 1. The van der Waals surface area contributed by atoms with E-state index in [9.17, 15) is 4.79 Å². The summed E-state index contributed by atoms with van der Waals surface area (Å²) in [6.45, 7) is 0. The first-order valence-corrected chi connectivity index (χ1v) is 11.8. The predicted molar refractivity (Wildman–Crippen MR) is 130 cm³/mol. The fourth-order valence-corrected chi connectivity index (χ4v) is 5.37. The van der Waals surface area contributed by atoms with Gasteiger partial charge in [0.1, 0.15) is 17.6 Å². The normalized spacial score (nSPS) is 21.1. The monoisotopic (exact) mass is 461 g/mol. The number of ether oxygens (including phenoxy) is 1. The molecule has 170 valence electrons. The number of nitrogens with zero attached hydrogens (tertiary/aromatic N) is 2. The Balaban J connectivity index is 1.49. The van der Waals surface area contributed by atoms with E-state index in [1.54, 1.807) is 12.1 Å². The third-order valence-corrected chi connectivity index (χ3v) is 6.94. The Labute approximate surface area is 199 Å². The van der Waals surface area contributed by atoms with Crippen LogP contribution in [0, 0.1) is 0 Å². The molecule has 1 aromatic carbocycles. The van der Waals surface area contributed by atoms with Crippen molar-refractivity contribution in [2.45, 2.75) is 50.2 Å². The van der Waals surface area contributed by atoms with Gasteiger partial charge in [0.15, 0.2) is 5.11 Å². The number of benzene rings is 1. The molecule has 1 aliphatic heterocycles. The van der Waals surface area contributed by atoms with E-state index in [4.69, 9.17) is 21.4 Å². The maximum Gasteiger partial charge on any atom is 0.337 e. The topological polar surface area (TPSA) is 67.6 Å². The summed E-state index contributed by atoms with van der Waals surface area (Å²) in [5.74, 6) is 1.26. The number of rotatable bonds is 5. The number of hydrogen-bond donors (Lipinski definition) is 1. The number of hydrogen-bond acceptors (Lipinski definition) is 5. The molecule has 2 fully saturated rings. The van der Waals surface area contributed by atoms with Crippen molar-refractivity contribution in [2.24, 2.45) is 0 Å². The van der Waals surface area contributed by atoms with Gasteiger partial charge in [-0.15, -0.1) is 0 Å². The van der Waals surface area contributed by atoms with E-state index >= 15 is 0 Å². The van der Waals surface area contributed by atoms with Crippen LogP contribution < -0.4 is 5.32 Å². The average molecular weight is 462 g/mol. The number of methoxy groups -OCH3 is 1. The molecule has 1 aliphatic carbocycles. The summed E-state index contributed by atoms with van der Waals surface area (Å²) >= 11 is 5.83. The van der Waals surface area contributed by atoms with Gasteiger partial charge in [0.25, 0.3) is 0 Å². The molecule has 3 heterocycles. The van der Waals surface area contributed by atoms with Gasteiger partial charge in [-0.2, -0.15) is 0 Å². The van der Waals surface area contributed by atoms with Gasteiger partial charge in [0.2, 0.25) is 0 Å². The first-order chi connectivity index (χ1) is 16.2. The number of esters is 1. The Kier molecular flexibility index (Phi) is 6.13. The summed E-state index contributed by atoms with van der Waals surface area (Å²) in [5.41, 5.74) is 2.36. The van der Waals surface area contributed by atoms with Crippen molar-refractivity contribution in [3.8, 4) is 11.3 Å². The second-order valence-corrected chi connectivity index (χ2v) is 8.98. The van der Waals surface area contributed by atoms with E-state index in [0.29, 0.717) is 11.6 Å². The smallest absolute Gasteiger partial charge is 0.337 e. The summed E-state index contributed by atoms with van der Waals surface area (Å²) in [5, 5.41) is 4.29. The molecule has 33 heavy (non-hydrogen) atoms. The Morgan fingerprint density at radius 2 is 1.88 bits per heavy atom. The number of pyridine rings is 1. The first-order valence-electron chi connectivity index (χ1n) is 11.4. The Morgan fingerprint density at radius 3 is 2.58 bits per heavy atom. The van der Waals surface area contributed by atoms with Crippen molar-refractivity contribution >= 4 is 23.3 Å². The highest BCUT2D eigenvalue weighted by molar-refractivity contribution is 7.80. The summed E-state index contributed by atoms with van der Waals surface area (Å²) in [6, 6.07) is 17.5. The number of carbonyl (C=O) groups is 1. The largest absolute Gasteiger partial charge is 0.465 e. The Morgan fingerprint density at radius 1 is 1.09 bits per heavy atom. The molecule has 7 heteroatoms. The molecule has 0 unspecified atom stereocenters. The number of nitrogens with one attached hydrogen (secondary N) is 1. The second kappa shape index (κ2) is 9.35. The van der Waals surface area contributed by atoms with Gasteiger partial charge < -0.3 is 19.4 Å². The van der Waals surface area contributed by atoms with Gasteiger partial charge in [-0.3, -0.25) is 4.98 Å². The molecule has 0 bridgehead atoms. The van der Waals surface area contributed by atoms with Gasteiger partial charge in [-0.1, -0.05) is 37.5 Å². The molecule has 5 rings (SSSR count). The lowest BCUT2D eigenvalue weighted by Gasteiger charge is -2.36. The lowest BCUT2D eigenvalue weighted by Crippen LogP contribution is -2.40. The van der Waals surface area contributed by atoms with Gasteiger partial charge in [-0.05, 0) is 61.5 Å². The fraction of sp³-hybridized carbons (Fsp3) is 0.346. The summed E-state index contributed by atoms with van der Waals surface area (Å²) < 4.78 is 11.2. The van der Waals surface area contributed by atoms with Crippen LogP contribution in [0.25, 0.3) is 11.3 Å². The van der Waals surface area contributed by atoms with Gasteiger partial charge >= 0.3 is 5.97 Å². The zero-order chi connectivity index (χ0) is 22.8. The second-order valence-electron chi connectivity index (χ2n) is 8.60. The van der Waals surface area contributed by atoms with E-state index < -0.39 is 0 Å². The molecule has 0 amide bonds. The van der Waals surface area contributed by atoms with Crippen LogP contribution in [0.3, 0.4) is 0 Å². The highest BCUT2D eigenvalue weighted by Gasteiger charge is 2.44. The molecule has 1 saturated heterocycles. The molecule has 3 aromatic rings. The molecule has 2 aromatic heterocycles. The molecular formula is C26H27N3O3S. The van der Waals surface area contributed by atoms with Crippen LogP contribution in [0.1, 0.15) is 66.0 Å². The zero-order valence-electron chi connectivity index (χ0n) is 18.6. The number of thiocarbonyl (C=S) groups is 1. The van der Waals surface area contributed by atoms with E-state index in [1.165, 1.54) is 26.4 Å². The third kappa shape index (κ3) is 4.25. The van der Waals surface area contributed by atoms with Crippen LogP contribution >= 0.6 is 12.2 Å². The fourth-order valence-electron chi connectivity index (χ4n) is 4.98. The maximum absolute atomic E-state index is 11.8. The Hall–Kier alpha value is -3.19. The molecule has 6 nitrogen and oxygen atoms in total. The van der Waals surface area contributed by atoms with Crippen molar-refractivity contribution in [1.29, 1.82) is 0 Å². The summed E-state index contributed by atoms with van der Waals surface area (Å²) in [6.07, 6.45) is 7.81. The number of aromatic nitrogens is 1. The van der Waals surface area contributed by atoms with Crippen molar-refractivity contribution in [2.75, 3.05) is 7.11 Å². The van der Waals surface area contributed by atoms with Crippen molar-refractivity contribution in [3.63, 3.8) is 0 Å². The zero-order valence-corrected chi connectivity index (χ0v) is 19.4. The lowest BCUT2D eigenvalue weighted by atomic mass is 9.92. The van der Waals surface area contributed by atoms with Crippen molar-refractivity contribution < 1.29 is 13.9 Å². The van der Waals surface area contributed by atoms with Gasteiger partial charge in [-0.25, -0.2) is 4.79 Å². The molecule has 1 saturated carbocycles. The average Bonchev–Trinajstić information content (AvgIpc) is 3.49. The highest BCUT2D eigenvalue weighted by Crippen LogP contribution is 2.43. The van der Waals surface area contributed by atoms with Crippen LogP contribution in [0.15, 0.2) is 65.2 Å². The van der Waals surface area contributed by atoms with Crippen LogP contribution in [0.4, 0.5) is 0 Å². The first kappa shape index (κ1) is 21.6. The van der Waals surface area contributed by atoms with Crippen LogP contribution in [0.2, 0.25) is 0 Å². The predicted octanol–water partition coefficient (Wildman–Crippen LogP) is 5.43. The Bertz CT molecular complexity index is 1120. The minimum absolute atomic E-state index is 0.0707. The van der Waals surface area contributed by atoms with E-state index in [0.717, 1.165) is 40.7 Å². The van der Waals surface area contributed by atoms with Gasteiger partial charge in [0.05, 0.1) is 24.4 Å². The molecular weight excluding hydrogens is 434 g/mol. The van der Waals surface area contributed by atoms with Crippen LogP contribution in [0.5, 0.6) is 0 Å². The maximum atomic E-state index is 11.8. The standard InChI is InChI=1S/C26H27N3O3S/c1-31-25(30)18-12-10-17(11-13-18)21-14-15-22(32-21)24-23(20-9-5-6-16-27-20)28-26(33)29(24)19-7-3-2-4-8-19/h5-6,9-16,19,23-24H,2-4,7-8H2,1H3,(H,28,33)/t23-,24-/m1/s1.